The molecule has 0 heterocycles. The molecule has 4 nitrogen and oxygen atoms in total. The topological polar surface area (TPSA) is 47.6 Å². The average Bonchev–Trinajstić information content (AvgIpc) is 2.80. The molecule has 2 atom stereocenters. The molecule has 0 spiro atoms. The Balaban J connectivity index is 1.87. The summed E-state index contributed by atoms with van der Waals surface area (Å²) in [6.07, 6.45) is 0.943. The van der Waals surface area contributed by atoms with Gasteiger partial charge in [-0.05, 0) is 33.6 Å². The quantitative estimate of drug-likeness (QED) is 0.854. The highest BCUT2D eigenvalue weighted by atomic mass is 19.2. The third-order valence-corrected chi connectivity index (χ3v) is 3.37. The molecule has 7 heteroatoms. The van der Waals surface area contributed by atoms with Gasteiger partial charge >= 0.3 is 6.09 Å². The van der Waals surface area contributed by atoms with E-state index in [1.807, 2.05) is 0 Å². The summed E-state index contributed by atoms with van der Waals surface area (Å²) in [5, 5.41) is 2.73. The number of amides is 1. The van der Waals surface area contributed by atoms with Crippen LogP contribution in [0.3, 0.4) is 0 Å². The van der Waals surface area contributed by atoms with Gasteiger partial charge in [0, 0.05) is 24.6 Å². The summed E-state index contributed by atoms with van der Waals surface area (Å²) in [7, 11) is 0. The van der Waals surface area contributed by atoms with Gasteiger partial charge in [0.15, 0.2) is 17.5 Å². The van der Waals surface area contributed by atoms with E-state index in [-0.39, 0.29) is 17.9 Å². The fourth-order valence-electron chi connectivity index (χ4n) is 2.45. The van der Waals surface area contributed by atoms with Crippen molar-refractivity contribution in [3.63, 3.8) is 0 Å². The second kappa shape index (κ2) is 6.68. The summed E-state index contributed by atoms with van der Waals surface area (Å²) < 4.78 is 49.8. The Morgan fingerprint density at radius 3 is 2.35 bits per heavy atom. The predicted octanol–water partition coefficient (Wildman–Crippen LogP) is 3.93. The second-order valence-electron chi connectivity index (χ2n) is 6.60. The third kappa shape index (κ3) is 5.04. The molecular formula is C16H20F3NO3. The fourth-order valence-corrected chi connectivity index (χ4v) is 2.45. The number of nitrogens with one attached hydrogen (secondary N) is 1. The summed E-state index contributed by atoms with van der Waals surface area (Å²) in [5.74, 6) is -4.17. The highest BCUT2D eigenvalue weighted by Crippen LogP contribution is 2.27. The average molecular weight is 331 g/mol. The van der Waals surface area contributed by atoms with E-state index in [0.717, 1.165) is 12.1 Å². The van der Waals surface area contributed by atoms with Crippen LogP contribution in [-0.4, -0.2) is 23.8 Å². The summed E-state index contributed by atoms with van der Waals surface area (Å²) in [6, 6.07) is 1.49. The van der Waals surface area contributed by atoms with Gasteiger partial charge in [0.1, 0.15) is 17.5 Å². The van der Waals surface area contributed by atoms with Gasteiger partial charge in [-0.3, -0.25) is 0 Å². The van der Waals surface area contributed by atoms with E-state index in [4.69, 9.17) is 9.47 Å². The number of rotatable bonds is 3. The van der Waals surface area contributed by atoms with Crippen molar-refractivity contribution in [2.45, 2.75) is 57.8 Å². The van der Waals surface area contributed by atoms with Gasteiger partial charge in [-0.15, -0.1) is 0 Å². The van der Waals surface area contributed by atoms with Gasteiger partial charge in [0.25, 0.3) is 0 Å². The van der Waals surface area contributed by atoms with E-state index in [2.05, 4.69) is 5.32 Å². The lowest BCUT2D eigenvalue weighted by Crippen LogP contribution is -2.38. The Morgan fingerprint density at radius 2 is 1.78 bits per heavy atom. The van der Waals surface area contributed by atoms with Crippen LogP contribution in [0.5, 0.6) is 5.75 Å². The highest BCUT2D eigenvalue weighted by molar-refractivity contribution is 5.68. The molecule has 1 amide bonds. The molecule has 0 aliphatic heterocycles. The van der Waals surface area contributed by atoms with Crippen LogP contribution in [0.1, 0.15) is 40.0 Å². The number of hydrogen-bond donors (Lipinski definition) is 1. The van der Waals surface area contributed by atoms with Gasteiger partial charge < -0.3 is 14.8 Å². The first-order valence-electron chi connectivity index (χ1n) is 7.45. The standard InChI is InChI=1S/C16H20F3NO3/c1-16(2,3)23-15(21)20-9-4-5-10(6-9)22-11-7-12(17)14(19)13(18)8-11/h7-10H,4-6H2,1-3H3,(H,20,21)/t9-,10-/m0/s1. The van der Waals surface area contributed by atoms with Crippen LogP contribution >= 0.6 is 0 Å². The van der Waals surface area contributed by atoms with Crippen LogP contribution in [-0.2, 0) is 4.74 Å². The maximum absolute atomic E-state index is 13.2. The number of hydrogen-bond acceptors (Lipinski definition) is 3. The van der Waals surface area contributed by atoms with Crippen molar-refractivity contribution < 1.29 is 27.4 Å². The molecule has 1 aromatic carbocycles. The summed E-state index contributed by atoms with van der Waals surface area (Å²) in [6.45, 7) is 5.31. The smallest absolute Gasteiger partial charge is 0.407 e. The van der Waals surface area contributed by atoms with Crippen LogP contribution in [0.2, 0.25) is 0 Å². The Morgan fingerprint density at radius 1 is 1.17 bits per heavy atom. The van der Waals surface area contributed by atoms with Crippen LogP contribution in [0, 0.1) is 17.5 Å². The van der Waals surface area contributed by atoms with E-state index >= 15 is 0 Å². The molecule has 1 saturated carbocycles. The van der Waals surface area contributed by atoms with E-state index in [1.54, 1.807) is 20.8 Å². The molecule has 1 aromatic rings. The zero-order chi connectivity index (χ0) is 17.2. The third-order valence-electron chi connectivity index (χ3n) is 3.37. The number of carbonyl (C=O) groups is 1. The number of alkyl carbamates (subject to hydrolysis) is 1. The van der Waals surface area contributed by atoms with Gasteiger partial charge in [-0.25, -0.2) is 18.0 Å². The SMILES string of the molecule is CC(C)(C)OC(=O)N[C@H]1CC[C@H](Oc2cc(F)c(F)c(F)c2)C1. The molecule has 23 heavy (non-hydrogen) atoms. The van der Waals surface area contributed by atoms with E-state index < -0.39 is 29.1 Å². The Kier molecular flexibility index (Phi) is 5.06. The number of benzene rings is 1. The predicted molar refractivity (Wildman–Crippen MR) is 77.7 cm³/mol. The molecule has 1 fully saturated rings. The molecule has 0 radical (unpaired) electrons. The molecule has 128 valence electrons. The molecule has 0 saturated heterocycles. The highest BCUT2D eigenvalue weighted by Gasteiger charge is 2.29. The molecule has 0 unspecified atom stereocenters. The number of carbonyl (C=O) groups excluding carboxylic acids is 1. The second-order valence-corrected chi connectivity index (χ2v) is 6.60. The Labute approximate surface area is 133 Å². The van der Waals surface area contributed by atoms with E-state index in [1.165, 1.54) is 0 Å². The minimum Gasteiger partial charge on any atom is -0.490 e. The monoisotopic (exact) mass is 331 g/mol. The van der Waals surface area contributed by atoms with Crippen LogP contribution < -0.4 is 10.1 Å². The first-order valence-corrected chi connectivity index (χ1v) is 7.45. The molecular weight excluding hydrogens is 311 g/mol. The van der Waals surface area contributed by atoms with Crippen molar-refractivity contribution in [1.29, 1.82) is 0 Å². The lowest BCUT2D eigenvalue weighted by atomic mass is 10.2. The van der Waals surface area contributed by atoms with Crippen LogP contribution in [0.4, 0.5) is 18.0 Å². The molecule has 2 rings (SSSR count). The lowest BCUT2D eigenvalue weighted by Gasteiger charge is -2.21. The Bertz CT molecular complexity index is 563. The minimum absolute atomic E-state index is 0.0654. The summed E-state index contributed by atoms with van der Waals surface area (Å²) in [5.41, 5.74) is -0.582. The van der Waals surface area contributed by atoms with Crippen molar-refractivity contribution in [2.75, 3.05) is 0 Å². The zero-order valence-corrected chi connectivity index (χ0v) is 13.3. The molecule has 1 aliphatic rings. The fraction of sp³-hybridized carbons (Fsp3) is 0.562. The number of halogens is 3. The molecule has 0 bridgehead atoms. The van der Waals surface area contributed by atoms with E-state index in [9.17, 15) is 18.0 Å². The molecule has 1 N–H and O–H groups in total. The molecule has 0 aromatic heterocycles. The largest absolute Gasteiger partial charge is 0.490 e. The first-order chi connectivity index (χ1) is 10.6. The van der Waals surface area contributed by atoms with Crippen LogP contribution in [0.15, 0.2) is 12.1 Å². The van der Waals surface area contributed by atoms with Crippen molar-refractivity contribution in [3.8, 4) is 5.75 Å². The summed E-state index contributed by atoms with van der Waals surface area (Å²) >= 11 is 0. The minimum atomic E-state index is -1.52. The summed E-state index contributed by atoms with van der Waals surface area (Å²) in [4.78, 5) is 11.7. The normalized spacial score (nSPS) is 21.1. The van der Waals surface area contributed by atoms with Gasteiger partial charge in [-0.2, -0.15) is 0 Å². The van der Waals surface area contributed by atoms with Crippen molar-refractivity contribution in [3.05, 3.63) is 29.6 Å². The van der Waals surface area contributed by atoms with Crippen molar-refractivity contribution >= 4 is 6.09 Å². The van der Waals surface area contributed by atoms with Gasteiger partial charge in [0.05, 0.1) is 0 Å². The lowest BCUT2D eigenvalue weighted by molar-refractivity contribution is 0.0503. The number of ether oxygens (including phenoxy) is 2. The first kappa shape index (κ1) is 17.4. The van der Waals surface area contributed by atoms with Gasteiger partial charge in [-0.1, -0.05) is 0 Å². The zero-order valence-electron chi connectivity index (χ0n) is 13.3. The maximum atomic E-state index is 13.2. The van der Waals surface area contributed by atoms with E-state index in [0.29, 0.717) is 19.3 Å². The maximum Gasteiger partial charge on any atom is 0.407 e. The van der Waals surface area contributed by atoms with Crippen LogP contribution in [0.25, 0.3) is 0 Å². The van der Waals surface area contributed by atoms with Crippen molar-refractivity contribution in [2.24, 2.45) is 0 Å². The van der Waals surface area contributed by atoms with Crippen molar-refractivity contribution in [1.82, 2.24) is 5.32 Å². The molecule has 1 aliphatic carbocycles. The van der Waals surface area contributed by atoms with Gasteiger partial charge in [0.2, 0.25) is 0 Å². The Hall–Kier alpha value is -1.92.